The van der Waals surface area contributed by atoms with Gasteiger partial charge in [-0.05, 0) is 11.6 Å². The first-order chi connectivity index (χ1) is 8.34. The maximum Gasteiger partial charge on any atom is 0.288 e. The highest BCUT2D eigenvalue weighted by Gasteiger charge is 2.10. The van der Waals surface area contributed by atoms with Crippen molar-refractivity contribution in [3.05, 3.63) is 60.4 Å². The third kappa shape index (κ3) is 1.76. The summed E-state index contributed by atoms with van der Waals surface area (Å²) in [6.07, 6.45) is 3.93. The number of nitrogen functional groups attached to an aromatic ring is 1. The molecule has 0 saturated heterocycles. The van der Waals surface area contributed by atoms with E-state index in [0.717, 1.165) is 23.3 Å². The molecule has 0 aliphatic heterocycles. The molecule has 1 aromatic carbocycles. The number of aromatic amines is 1. The maximum atomic E-state index is 5.93. The fraction of sp³-hybridized carbons (Fsp3) is 0.0714. The van der Waals surface area contributed by atoms with Gasteiger partial charge in [0, 0.05) is 6.07 Å². The molecule has 17 heavy (non-hydrogen) atoms. The predicted molar refractivity (Wildman–Crippen MR) is 68.5 cm³/mol. The summed E-state index contributed by atoms with van der Waals surface area (Å²) in [7, 11) is 0. The maximum absolute atomic E-state index is 5.93. The molecule has 3 N–H and O–H groups in total. The molecular formula is C14H14N3+. The van der Waals surface area contributed by atoms with Crippen LogP contribution < -0.4 is 10.3 Å². The zero-order valence-corrected chi connectivity index (χ0v) is 9.43. The molecule has 0 amide bonds. The number of nitrogens with two attached hydrogens (primary N) is 1. The number of benzene rings is 1. The number of rotatable bonds is 2. The second-order valence-electron chi connectivity index (χ2n) is 4.12. The number of anilines is 1. The minimum atomic E-state index is 0.811. The van der Waals surface area contributed by atoms with Gasteiger partial charge in [0.1, 0.15) is 6.54 Å². The van der Waals surface area contributed by atoms with E-state index in [1.807, 2.05) is 30.6 Å². The third-order valence-electron chi connectivity index (χ3n) is 2.95. The number of nitrogens with zero attached hydrogens (tertiary/aromatic N) is 1. The van der Waals surface area contributed by atoms with Crippen LogP contribution in [0.15, 0.2) is 54.9 Å². The number of hydrogen-bond acceptors (Lipinski definition) is 1. The molecule has 3 heteroatoms. The van der Waals surface area contributed by atoms with Crippen molar-refractivity contribution >= 4 is 16.7 Å². The van der Waals surface area contributed by atoms with Crippen LogP contribution in [-0.4, -0.2) is 4.98 Å². The van der Waals surface area contributed by atoms with E-state index in [9.17, 15) is 0 Å². The molecule has 0 spiro atoms. The molecule has 2 heterocycles. The van der Waals surface area contributed by atoms with Crippen LogP contribution in [0, 0.1) is 0 Å². The molecule has 0 saturated carbocycles. The number of fused-ring (bicyclic) bond motifs is 1. The Labute approximate surface area is 99.5 Å². The van der Waals surface area contributed by atoms with Crippen molar-refractivity contribution in [3.8, 4) is 0 Å². The minimum Gasteiger partial charge on any atom is -0.398 e. The second kappa shape index (κ2) is 3.94. The largest absolute Gasteiger partial charge is 0.398 e. The average Bonchev–Trinajstić information content (AvgIpc) is 2.84. The van der Waals surface area contributed by atoms with Crippen molar-refractivity contribution in [1.29, 1.82) is 0 Å². The molecule has 0 atom stereocenters. The summed E-state index contributed by atoms with van der Waals surface area (Å²) in [5.41, 5.74) is 9.08. The normalized spacial score (nSPS) is 10.8. The minimum absolute atomic E-state index is 0.811. The lowest BCUT2D eigenvalue weighted by atomic mass is 10.2. The lowest BCUT2D eigenvalue weighted by Crippen LogP contribution is -2.35. The van der Waals surface area contributed by atoms with E-state index in [-0.39, 0.29) is 0 Å². The van der Waals surface area contributed by atoms with Gasteiger partial charge in [0.05, 0.1) is 23.5 Å². The van der Waals surface area contributed by atoms with E-state index < -0.39 is 0 Å². The van der Waals surface area contributed by atoms with Gasteiger partial charge in [-0.2, -0.15) is 0 Å². The summed E-state index contributed by atoms with van der Waals surface area (Å²) in [6, 6.07) is 14.3. The van der Waals surface area contributed by atoms with Crippen molar-refractivity contribution < 1.29 is 4.57 Å². The summed E-state index contributed by atoms with van der Waals surface area (Å²) < 4.78 is 2.17. The molecule has 2 aromatic heterocycles. The Kier molecular flexibility index (Phi) is 2.29. The van der Waals surface area contributed by atoms with Gasteiger partial charge in [-0.15, -0.1) is 0 Å². The van der Waals surface area contributed by atoms with E-state index >= 15 is 0 Å². The second-order valence-corrected chi connectivity index (χ2v) is 4.12. The van der Waals surface area contributed by atoms with Gasteiger partial charge in [0.2, 0.25) is 0 Å². The van der Waals surface area contributed by atoms with Gasteiger partial charge < -0.3 is 5.73 Å². The van der Waals surface area contributed by atoms with Gasteiger partial charge in [-0.3, -0.25) is 0 Å². The Morgan fingerprint density at radius 1 is 1.06 bits per heavy atom. The Bertz CT molecular complexity index is 641. The highest BCUT2D eigenvalue weighted by molar-refractivity contribution is 5.85. The Hall–Kier alpha value is -2.29. The van der Waals surface area contributed by atoms with Gasteiger partial charge in [0.25, 0.3) is 5.65 Å². The fourth-order valence-electron chi connectivity index (χ4n) is 2.08. The van der Waals surface area contributed by atoms with Gasteiger partial charge >= 0.3 is 0 Å². The first-order valence-corrected chi connectivity index (χ1v) is 5.63. The first-order valence-electron chi connectivity index (χ1n) is 5.63. The molecule has 0 unspecified atom stereocenters. The van der Waals surface area contributed by atoms with Crippen LogP contribution in [-0.2, 0) is 6.54 Å². The topological polar surface area (TPSA) is 45.7 Å². The number of pyridine rings is 1. The molecule has 3 aromatic rings. The average molecular weight is 224 g/mol. The number of nitrogens with one attached hydrogen (secondary N) is 1. The fourth-order valence-corrected chi connectivity index (χ4v) is 2.08. The molecule has 3 rings (SSSR count). The molecular weight excluding hydrogens is 210 g/mol. The van der Waals surface area contributed by atoms with Gasteiger partial charge in [0.15, 0.2) is 0 Å². The zero-order valence-electron chi connectivity index (χ0n) is 9.43. The van der Waals surface area contributed by atoms with Crippen molar-refractivity contribution in [2.75, 3.05) is 5.73 Å². The number of hydrogen-bond donors (Lipinski definition) is 2. The van der Waals surface area contributed by atoms with Crippen molar-refractivity contribution in [3.63, 3.8) is 0 Å². The first kappa shape index (κ1) is 9.90. The van der Waals surface area contributed by atoms with Crippen LogP contribution in [0.5, 0.6) is 0 Å². The Balaban J connectivity index is 2.07. The Morgan fingerprint density at radius 3 is 2.71 bits per heavy atom. The molecule has 84 valence electrons. The van der Waals surface area contributed by atoms with E-state index in [2.05, 4.69) is 33.8 Å². The quantitative estimate of drug-likeness (QED) is 0.643. The molecule has 0 fully saturated rings. The smallest absolute Gasteiger partial charge is 0.288 e. The van der Waals surface area contributed by atoms with Crippen LogP contribution in [0.3, 0.4) is 0 Å². The van der Waals surface area contributed by atoms with E-state index in [0.29, 0.717) is 0 Å². The van der Waals surface area contributed by atoms with Crippen LogP contribution in [0.4, 0.5) is 5.69 Å². The predicted octanol–water partition coefficient (Wildman–Crippen LogP) is 2.09. The van der Waals surface area contributed by atoms with Crippen LogP contribution in [0.2, 0.25) is 0 Å². The SMILES string of the molecule is Nc1cc[n+](Cc2ccccc2)c2[nH]ccc12. The summed E-state index contributed by atoms with van der Waals surface area (Å²) in [5, 5.41) is 1.07. The van der Waals surface area contributed by atoms with Gasteiger partial charge in [-0.1, -0.05) is 30.3 Å². The summed E-state index contributed by atoms with van der Waals surface area (Å²) in [5.74, 6) is 0. The van der Waals surface area contributed by atoms with E-state index in [1.54, 1.807) is 0 Å². The van der Waals surface area contributed by atoms with Crippen LogP contribution in [0.25, 0.3) is 11.0 Å². The van der Waals surface area contributed by atoms with E-state index in [1.165, 1.54) is 5.56 Å². The third-order valence-corrected chi connectivity index (χ3v) is 2.95. The monoisotopic (exact) mass is 224 g/mol. The summed E-state index contributed by atoms with van der Waals surface area (Å²) >= 11 is 0. The standard InChI is InChI=1S/C14H13N3/c15-13-7-9-17(14-12(13)6-8-16-14)10-11-4-2-1-3-5-11/h1-9H,10H2,(H2,15,16)/p+1. The molecule has 0 aliphatic carbocycles. The lowest BCUT2D eigenvalue weighted by Gasteiger charge is -2.03. The number of aromatic nitrogens is 2. The Morgan fingerprint density at radius 2 is 1.88 bits per heavy atom. The van der Waals surface area contributed by atoms with Crippen LogP contribution in [0.1, 0.15) is 5.56 Å². The highest BCUT2D eigenvalue weighted by atomic mass is 15.0. The molecule has 0 radical (unpaired) electrons. The van der Waals surface area contributed by atoms with E-state index in [4.69, 9.17) is 5.73 Å². The number of H-pyrrole nitrogens is 1. The van der Waals surface area contributed by atoms with Crippen molar-refractivity contribution in [1.82, 2.24) is 4.98 Å². The van der Waals surface area contributed by atoms with Crippen LogP contribution >= 0.6 is 0 Å². The summed E-state index contributed by atoms with van der Waals surface area (Å²) in [4.78, 5) is 3.23. The van der Waals surface area contributed by atoms with Crippen molar-refractivity contribution in [2.24, 2.45) is 0 Å². The summed E-state index contributed by atoms with van der Waals surface area (Å²) in [6.45, 7) is 0.845. The zero-order chi connectivity index (χ0) is 11.7. The van der Waals surface area contributed by atoms with Crippen molar-refractivity contribution in [2.45, 2.75) is 6.54 Å². The molecule has 0 aliphatic rings. The highest BCUT2D eigenvalue weighted by Crippen LogP contribution is 2.15. The van der Waals surface area contributed by atoms with Gasteiger partial charge in [-0.25, -0.2) is 9.55 Å². The molecule has 3 nitrogen and oxygen atoms in total. The lowest BCUT2D eigenvalue weighted by molar-refractivity contribution is -0.664. The molecule has 0 bridgehead atoms.